The van der Waals surface area contributed by atoms with Crippen molar-refractivity contribution in [1.29, 1.82) is 0 Å². The van der Waals surface area contributed by atoms with E-state index in [2.05, 4.69) is 47.1 Å². The first-order valence-corrected chi connectivity index (χ1v) is 9.80. The summed E-state index contributed by atoms with van der Waals surface area (Å²) in [5, 5.41) is 13.6. The van der Waals surface area contributed by atoms with Gasteiger partial charge in [-0.25, -0.2) is 0 Å². The number of nitrogens with zero attached hydrogens (tertiary/aromatic N) is 5. The molecule has 3 aromatic rings. The highest BCUT2D eigenvalue weighted by Gasteiger charge is 2.32. The molecule has 2 aliphatic rings. The van der Waals surface area contributed by atoms with Crippen LogP contribution >= 0.6 is 0 Å². The predicted octanol–water partition coefficient (Wildman–Crippen LogP) is 4.13. The molecule has 6 nitrogen and oxygen atoms in total. The molecule has 1 saturated heterocycles. The molecule has 4 heterocycles. The summed E-state index contributed by atoms with van der Waals surface area (Å²) in [7, 11) is 0. The van der Waals surface area contributed by atoms with Crippen LogP contribution in [0.1, 0.15) is 68.8 Å². The Bertz CT molecular complexity index is 925. The summed E-state index contributed by atoms with van der Waals surface area (Å²) >= 11 is 0. The molecular weight excluding hydrogens is 326 g/mol. The van der Waals surface area contributed by atoms with Crippen molar-refractivity contribution >= 4 is 11.5 Å². The maximum atomic E-state index is 6.12. The third kappa shape index (κ3) is 2.68. The second kappa shape index (κ2) is 6.11. The van der Waals surface area contributed by atoms with Gasteiger partial charge in [-0.1, -0.05) is 13.8 Å². The van der Waals surface area contributed by atoms with Crippen LogP contribution in [0.25, 0.3) is 5.65 Å². The van der Waals surface area contributed by atoms with E-state index in [1.54, 1.807) is 0 Å². The van der Waals surface area contributed by atoms with Crippen LogP contribution in [0.4, 0.5) is 5.82 Å². The van der Waals surface area contributed by atoms with Crippen molar-refractivity contribution < 1.29 is 4.42 Å². The molecule has 2 fully saturated rings. The number of aromatic nitrogens is 4. The molecule has 0 N–H and O–H groups in total. The highest BCUT2D eigenvalue weighted by atomic mass is 16.3. The molecule has 1 saturated carbocycles. The number of fused-ring (bicyclic) bond motifs is 1. The minimum Gasteiger partial charge on any atom is -0.464 e. The van der Waals surface area contributed by atoms with Crippen LogP contribution in [-0.2, 0) is 6.42 Å². The minimum absolute atomic E-state index is 0.241. The van der Waals surface area contributed by atoms with Crippen LogP contribution in [0.15, 0.2) is 28.7 Å². The Hall–Kier alpha value is -2.37. The Morgan fingerprint density at radius 3 is 2.77 bits per heavy atom. The number of hydrogen-bond donors (Lipinski definition) is 0. The summed E-state index contributed by atoms with van der Waals surface area (Å²) in [4.78, 5) is 2.40. The van der Waals surface area contributed by atoms with Crippen LogP contribution in [0.2, 0.25) is 0 Å². The third-order valence-corrected chi connectivity index (χ3v) is 5.73. The number of rotatable bonds is 4. The molecule has 6 heteroatoms. The Morgan fingerprint density at radius 1 is 1.12 bits per heavy atom. The molecule has 0 aromatic carbocycles. The molecular formula is C20H25N5O. The molecule has 1 aliphatic carbocycles. The largest absolute Gasteiger partial charge is 0.464 e. The third-order valence-electron chi connectivity index (χ3n) is 5.73. The number of piperidine rings is 1. The van der Waals surface area contributed by atoms with Gasteiger partial charge in [0.15, 0.2) is 11.5 Å². The topological polar surface area (TPSA) is 59.5 Å². The van der Waals surface area contributed by atoms with Gasteiger partial charge in [0.25, 0.3) is 0 Å². The van der Waals surface area contributed by atoms with Gasteiger partial charge in [-0.05, 0) is 55.9 Å². The molecule has 136 valence electrons. The monoisotopic (exact) mass is 351 g/mol. The molecule has 2 unspecified atom stereocenters. The highest BCUT2D eigenvalue weighted by molar-refractivity contribution is 5.48. The van der Waals surface area contributed by atoms with Crippen LogP contribution in [-0.4, -0.2) is 26.4 Å². The van der Waals surface area contributed by atoms with E-state index in [-0.39, 0.29) is 6.04 Å². The van der Waals surface area contributed by atoms with Gasteiger partial charge in [0, 0.05) is 18.9 Å². The van der Waals surface area contributed by atoms with Gasteiger partial charge in [0.05, 0.1) is 6.04 Å². The number of furan rings is 1. The Morgan fingerprint density at radius 2 is 2.00 bits per heavy atom. The highest BCUT2D eigenvalue weighted by Crippen LogP contribution is 2.40. The minimum atomic E-state index is 0.241. The zero-order valence-corrected chi connectivity index (χ0v) is 15.4. The van der Waals surface area contributed by atoms with Crippen molar-refractivity contribution in [2.45, 2.75) is 57.9 Å². The standard InChI is InChI=1S/C20H25N5O/c1-3-15-6-7-17(26-15)16-12-13(2)10-11-24(16)19-9-8-18-21-22-20(14-4-5-14)25(18)23-19/h6-9,13-14,16H,3-5,10-12H2,1-2H3. The quantitative estimate of drug-likeness (QED) is 0.707. The van der Waals surface area contributed by atoms with Gasteiger partial charge >= 0.3 is 0 Å². The predicted molar refractivity (Wildman–Crippen MR) is 99.3 cm³/mol. The second-order valence-electron chi connectivity index (χ2n) is 7.79. The lowest BCUT2D eigenvalue weighted by molar-refractivity contribution is 0.320. The van der Waals surface area contributed by atoms with E-state index < -0.39 is 0 Å². The average Bonchev–Trinajstić information content (AvgIpc) is 3.24. The van der Waals surface area contributed by atoms with Crippen molar-refractivity contribution in [2.24, 2.45) is 5.92 Å². The summed E-state index contributed by atoms with van der Waals surface area (Å²) < 4.78 is 8.06. The van der Waals surface area contributed by atoms with Gasteiger partial charge in [0.2, 0.25) is 0 Å². The smallest absolute Gasteiger partial charge is 0.178 e. The summed E-state index contributed by atoms with van der Waals surface area (Å²) in [6.45, 7) is 5.45. The van der Waals surface area contributed by atoms with E-state index in [9.17, 15) is 0 Å². The number of hydrogen-bond acceptors (Lipinski definition) is 5. The zero-order chi connectivity index (χ0) is 17.7. The Kier molecular flexibility index (Phi) is 3.72. The molecule has 26 heavy (non-hydrogen) atoms. The van der Waals surface area contributed by atoms with E-state index in [4.69, 9.17) is 9.52 Å². The summed E-state index contributed by atoms with van der Waals surface area (Å²) in [5.74, 6) is 5.33. The molecule has 3 aromatic heterocycles. The fourth-order valence-corrected chi connectivity index (χ4v) is 3.99. The SMILES string of the molecule is CCc1ccc(C2CC(C)CCN2c2ccc3nnc(C4CC4)n3n2)o1. The van der Waals surface area contributed by atoms with E-state index >= 15 is 0 Å². The van der Waals surface area contributed by atoms with Gasteiger partial charge in [-0.3, -0.25) is 0 Å². The van der Waals surface area contributed by atoms with Crippen molar-refractivity contribution in [2.75, 3.05) is 11.4 Å². The Labute approximate surface area is 153 Å². The molecule has 0 amide bonds. The van der Waals surface area contributed by atoms with E-state index in [0.29, 0.717) is 11.8 Å². The van der Waals surface area contributed by atoms with Crippen molar-refractivity contribution in [3.8, 4) is 0 Å². The summed E-state index contributed by atoms with van der Waals surface area (Å²) in [5.41, 5.74) is 0.837. The molecule has 0 bridgehead atoms. The maximum Gasteiger partial charge on any atom is 0.178 e. The van der Waals surface area contributed by atoms with Crippen LogP contribution in [0.5, 0.6) is 0 Å². The maximum absolute atomic E-state index is 6.12. The van der Waals surface area contributed by atoms with E-state index in [0.717, 1.165) is 48.2 Å². The van der Waals surface area contributed by atoms with Crippen molar-refractivity contribution in [1.82, 2.24) is 19.8 Å². The van der Waals surface area contributed by atoms with Crippen molar-refractivity contribution in [3.63, 3.8) is 0 Å². The number of aryl methyl sites for hydroxylation is 1. The first-order chi connectivity index (χ1) is 12.7. The molecule has 0 radical (unpaired) electrons. The normalized spacial score (nSPS) is 23.7. The van der Waals surface area contributed by atoms with Gasteiger partial charge < -0.3 is 9.32 Å². The lowest BCUT2D eigenvalue weighted by Crippen LogP contribution is -2.37. The van der Waals surface area contributed by atoms with Gasteiger partial charge in [0.1, 0.15) is 17.3 Å². The van der Waals surface area contributed by atoms with Crippen molar-refractivity contribution in [3.05, 3.63) is 41.6 Å². The molecule has 1 aliphatic heterocycles. The average molecular weight is 351 g/mol. The second-order valence-corrected chi connectivity index (χ2v) is 7.79. The van der Waals surface area contributed by atoms with E-state index in [1.807, 2.05) is 10.6 Å². The van der Waals surface area contributed by atoms with Gasteiger partial charge in [-0.2, -0.15) is 4.52 Å². The fraction of sp³-hybridized carbons (Fsp3) is 0.550. The zero-order valence-electron chi connectivity index (χ0n) is 15.4. The molecule has 5 rings (SSSR count). The van der Waals surface area contributed by atoms with Crippen LogP contribution in [0, 0.1) is 5.92 Å². The summed E-state index contributed by atoms with van der Waals surface area (Å²) in [6, 6.07) is 8.60. The first-order valence-electron chi connectivity index (χ1n) is 9.80. The number of anilines is 1. The summed E-state index contributed by atoms with van der Waals surface area (Å²) in [6.07, 6.45) is 5.59. The van der Waals surface area contributed by atoms with Crippen LogP contribution in [0.3, 0.4) is 0 Å². The lowest BCUT2D eigenvalue weighted by atomic mass is 9.91. The van der Waals surface area contributed by atoms with Gasteiger partial charge in [-0.15, -0.1) is 15.3 Å². The lowest BCUT2D eigenvalue weighted by Gasteiger charge is -2.38. The first kappa shape index (κ1) is 15.9. The fourth-order valence-electron chi connectivity index (χ4n) is 3.99. The van der Waals surface area contributed by atoms with E-state index in [1.165, 1.54) is 19.3 Å². The molecule has 0 spiro atoms. The van der Waals surface area contributed by atoms with Crippen LogP contribution < -0.4 is 4.90 Å². The molecule has 2 atom stereocenters. The Balaban J connectivity index is 1.53.